The fourth-order valence-electron chi connectivity index (χ4n) is 2.60. The van der Waals surface area contributed by atoms with Gasteiger partial charge in [0.15, 0.2) is 0 Å². The molecule has 102 valence electrons. The minimum atomic E-state index is 0.213. The average molecular weight is 260 g/mol. The molecule has 0 aliphatic carbocycles. The van der Waals surface area contributed by atoms with Crippen molar-refractivity contribution in [2.45, 2.75) is 19.4 Å². The van der Waals surface area contributed by atoms with E-state index in [9.17, 15) is 5.11 Å². The molecule has 4 nitrogen and oxygen atoms in total. The number of likely N-dealkylation sites (tertiary alicyclic amines) is 1. The number of rotatable bonds is 5. The predicted molar refractivity (Wildman–Crippen MR) is 72.9 cm³/mol. The fourth-order valence-corrected chi connectivity index (χ4v) is 2.60. The summed E-state index contributed by atoms with van der Waals surface area (Å²) >= 11 is 0. The summed E-state index contributed by atoms with van der Waals surface area (Å²) in [6.07, 6.45) is 1.13. The second-order valence-corrected chi connectivity index (χ2v) is 5.04. The molecule has 0 aromatic heterocycles. The van der Waals surface area contributed by atoms with Crippen LogP contribution in [0.4, 0.5) is 0 Å². The Morgan fingerprint density at radius 3 is 3.11 bits per heavy atom. The first-order valence-electron chi connectivity index (χ1n) is 6.72. The van der Waals surface area contributed by atoms with Gasteiger partial charge >= 0.3 is 0 Å². The Kier molecular flexibility index (Phi) is 4.78. The molecule has 0 spiro atoms. The third-order valence-corrected chi connectivity index (χ3v) is 3.79. The van der Waals surface area contributed by atoms with E-state index >= 15 is 0 Å². The average Bonchev–Trinajstić information content (AvgIpc) is 2.79. The van der Waals surface area contributed by atoms with Crippen molar-refractivity contribution < 1.29 is 9.84 Å². The van der Waals surface area contributed by atoms with Crippen molar-refractivity contribution in [3.05, 3.63) is 29.8 Å². The molecule has 19 heavy (non-hydrogen) atoms. The number of aliphatic hydroxyl groups excluding tert-OH is 1. The maximum Gasteiger partial charge on any atom is 0.120 e. The second-order valence-electron chi connectivity index (χ2n) is 5.04. The standard InChI is InChI=1S/C15H20N2O2/c1-12-5-6-17(15(12)11-18)7-8-19-14-4-2-3-13(9-14)10-16/h2-4,9,12,15,18H,5-8,11H2,1H3. The van der Waals surface area contributed by atoms with Crippen LogP contribution in [0.3, 0.4) is 0 Å². The molecule has 4 heteroatoms. The highest BCUT2D eigenvalue weighted by atomic mass is 16.5. The first-order valence-corrected chi connectivity index (χ1v) is 6.72. The minimum absolute atomic E-state index is 0.213. The maximum atomic E-state index is 9.37. The Bertz CT molecular complexity index is 456. The van der Waals surface area contributed by atoms with Gasteiger partial charge in [-0.05, 0) is 37.1 Å². The van der Waals surface area contributed by atoms with Gasteiger partial charge in [-0.25, -0.2) is 0 Å². The van der Waals surface area contributed by atoms with E-state index in [4.69, 9.17) is 10.00 Å². The summed E-state index contributed by atoms with van der Waals surface area (Å²) in [5.74, 6) is 1.28. The van der Waals surface area contributed by atoms with Gasteiger partial charge in [0, 0.05) is 12.6 Å². The Balaban J connectivity index is 1.82. The zero-order valence-electron chi connectivity index (χ0n) is 11.2. The number of aliphatic hydroxyl groups is 1. The molecule has 1 heterocycles. The van der Waals surface area contributed by atoms with E-state index in [0.717, 1.165) is 25.3 Å². The summed E-state index contributed by atoms with van der Waals surface area (Å²) in [4.78, 5) is 2.28. The highest BCUT2D eigenvalue weighted by molar-refractivity contribution is 5.36. The molecular formula is C15H20N2O2. The monoisotopic (exact) mass is 260 g/mol. The number of benzene rings is 1. The molecule has 2 atom stereocenters. The highest BCUT2D eigenvalue weighted by Gasteiger charge is 2.29. The summed E-state index contributed by atoms with van der Waals surface area (Å²) in [5, 5.41) is 18.2. The largest absolute Gasteiger partial charge is 0.492 e. The molecule has 0 bridgehead atoms. The van der Waals surface area contributed by atoms with Crippen molar-refractivity contribution in [1.29, 1.82) is 5.26 Å². The second kappa shape index (κ2) is 6.55. The fraction of sp³-hybridized carbons (Fsp3) is 0.533. The van der Waals surface area contributed by atoms with Crippen LogP contribution in [0.2, 0.25) is 0 Å². The number of hydrogen-bond acceptors (Lipinski definition) is 4. The van der Waals surface area contributed by atoms with Gasteiger partial charge in [0.25, 0.3) is 0 Å². The lowest BCUT2D eigenvalue weighted by molar-refractivity contribution is 0.123. The number of nitrogens with zero attached hydrogens (tertiary/aromatic N) is 2. The summed E-state index contributed by atoms with van der Waals surface area (Å²) < 4.78 is 5.66. The number of nitriles is 1. The Morgan fingerprint density at radius 2 is 2.37 bits per heavy atom. The van der Waals surface area contributed by atoms with Crippen molar-refractivity contribution in [3.8, 4) is 11.8 Å². The van der Waals surface area contributed by atoms with E-state index in [1.807, 2.05) is 12.1 Å². The molecule has 1 fully saturated rings. The third kappa shape index (κ3) is 3.46. The molecule has 1 aliphatic heterocycles. The molecule has 0 amide bonds. The lowest BCUT2D eigenvalue weighted by atomic mass is 10.0. The van der Waals surface area contributed by atoms with Crippen LogP contribution >= 0.6 is 0 Å². The zero-order valence-corrected chi connectivity index (χ0v) is 11.2. The molecule has 0 saturated carbocycles. The van der Waals surface area contributed by atoms with Crippen LogP contribution in [0.25, 0.3) is 0 Å². The van der Waals surface area contributed by atoms with Crippen molar-refractivity contribution in [1.82, 2.24) is 4.90 Å². The lowest BCUT2D eigenvalue weighted by Crippen LogP contribution is -2.37. The summed E-state index contributed by atoms with van der Waals surface area (Å²) in [7, 11) is 0. The van der Waals surface area contributed by atoms with Gasteiger partial charge in [-0.15, -0.1) is 0 Å². The van der Waals surface area contributed by atoms with Crippen LogP contribution in [0.5, 0.6) is 5.75 Å². The van der Waals surface area contributed by atoms with Gasteiger partial charge in [-0.2, -0.15) is 5.26 Å². The third-order valence-electron chi connectivity index (χ3n) is 3.79. The smallest absolute Gasteiger partial charge is 0.120 e. The minimum Gasteiger partial charge on any atom is -0.492 e. The maximum absolute atomic E-state index is 9.37. The molecule has 1 N–H and O–H groups in total. The van der Waals surface area contributed by atoms with Crippen molar-refractivity contribution in [2.75, 3.05) is 26.3 Å². The van der Waals surface area contributed by atoms with Gasteiger partial charge in [0.05, 0.1) is 18.2 Å². The number of ether oxygens (including phenoxy) is 1. The van der Waals surface area contributed by atoms with Gasteiger partial charge < -0.3 is 9.84 Å². The van der Waals surface area contributed by atoms with Crippen LogP contribution in [0.15, 0.2) is 24.3 Å². The van der Waals surface area contributed by atoms with Crippen LogP contribution in [0.1, 0.15) is 18.9 Å². The topological polar surface area (TPSA) is 56.5 Å². The van der Waals surface area contributed by atoms with E-state index < -0.39 is 0 Å². The molecule has 1 saturated heterocycles. The van der Waals surface area contributed by atoms with E-state index in [1.165, 1.54) is 0 Å². The van der Waals surface area contributed by atoms with Gasteiger partial charge in [-0.3, -0.25) is 4.90 Å². The van der Waals surface area contributed by atoms with Crippen molar-refractivity contribution in [3.63, 3.8) is 0 Å². The Labute approximate surface area is 114 Å². The Hall–Kier alpha value is -1.57. The van der Waals surface area contributed by atoms with E-state index in [2.05, 4.69) is 17.9 Å². The summed E-state index contributed by atoms with van der Waals surface area (Å²) in [5.41, 5.74) is 0.612. The molecule has 0 radical (unpaired) electrons. The highest BCUT2D eigenvalue weighted by Crippen LogP contribution is 2.23. The van der Waals surface area contributed by atoms with Crippen LogP contribution in [0, 0.1) is 17.2 Å². The quantitative estimate of drug-likeness (QED) is 0.874. The first-order chi connectivity index (χ1) is 9.24. The molecular weight excluding hydrogens is 240 g/mol. The SMILES string of the molecule is CC1CCN(CCOc2cccc(C#N)c2)C1CO. The molecule has 2 rings (SSSR count). The van der Waals surface area contributed by atoms with Gasteiger partial charge in [0.2, 0.25) is 0 Å². The zero-order chi connectivity index (χ0) is 13.7. The van der Waals surface area contributed by atoms with Crippen LogP contribution in [-0.4, -0.2) is 42.4 Å². The molecule has 1 aromatic carbocycles. The van der Waals surface area contributed by atoms with Crippen molar-refractivity contribution >= 4 is 0 Å². The van der Waals surface area contributed by atoms with Crippen molar-refractivity contribution in [2.24, 2.45) is 5.92 Å². The van der Waals surface area contributed by atoms with Gasteiger partial charge in [-0.1, -0.05) is 13.0 Å². The van der Waals surface area contributed by atoms with E-state index in [-0.39, 0.29) is 12.6 Å². The van der Waals surface area contributed by atoms with Crippen LogP contribution in [-0.2, 0) is 0 Å². The number of hydrogen-bond donors (Lipinski definition) is 1. The van der Waals surface area contributed by atoms with E-state index in [0.29, 0.717) is 18.1 Å². The molecule has 1 aromatic rings. The first kappa shape index (κ1) is 13.9. The summed E-state index contributed by atoms with van der Waals surface area (Å²) in [6.45, 7) is 4.81. The lowest BCUT2D eigenvalue weighted by Gasteiger charge is -2.24. The Morgan fingerprint density at radius 1 is 1.53 bits per heavy atom. The van der Waals surface area contributed by atoms with E-state index in [1.54, 1.807) is 12.1 Å². The predicted octanol–water partition coefficient (Wildman–Crippen LogP) is 1.64. The summed E-state index contributed by atoms with van der Waals surface area (Å²) in [6, 6.07) is 9.54. The molecule has 1 aliphatic rings. The van der Waals surface area contributed by atoms with Gasteiger partial charge in [0.1, 0.15) is 12.4 Å². The normalized spacial score (nSPS) is 23.2. The molecule has 2 unspecified atom stereocenters. The van der Waals surface area contributed by atoms with Crippen LogP contribution < -0.4 is 4.74 Å².